The highest BCUT2D eigenvalue weighted by Gasteiger charge is 2.40. The van der Waals surface area contributed by atoms with Crippen LogP contribution < -0.4 is 0 Å². The van der Waals surface area contributed by atoms with Gasteiger partial charge in [-0.25, -0.2) is 9.78 Å². The van der Waals surface area contributed by atoms with E-state index in [0.717, 1.165) is 25.1 Å². The van der Waals surface area contributed by atoms with E-state index < -0.39 is 5.60 Å². The molecule has 3 rings (SSSR count). The van der Waals surface area contributed by atoms with Crippen LogP contribution >= 0.6 is 0 Å². The normalized spacial score (nSPS) is 28.8. The van der Waals surface area contributed by atoms with Crippen LogP contribution in [0.5, 0.6) is 0 Å². The summed E-state index contributed by atoms with van der Waals surface area (Å²) < 4.78 is 7.81. The van der Waals surface area contributed by atoms with Gasteiger partial charge in [0, 0.05) is 12.6 Å². The molecule has 5 heteroatoms. The van der Waals surface area contributed by atoms with Crippen molar-refractivity contribution in [3.8, 4) is 0 Å². The molecule has 1 aliphatic carbocycles. The van der Waals surface area contributed by atoms with Crippen molar-refractivity contribution in [3.63, 3.8) is 0 Å². The second-order valence-electron chi connectivity index (χ2n) is 7.34. The zero-order valence-corrected chi connectivity index (χ0v) is 13.4. The van der Waals surface area contributed by atoms with Gasteiger partial charge in [-0.1, -0.05) is 6.92 Å². The Hall–Kier alpha value is -1.52. The van der Waals surface area contributed by atoms with Crippen LogP contribution in [0.4, 0.5) is 4.79 Å². The average Bonchev–Trinajstić information content (AvgIpc) is 2.86. The summed E-state index contributed by atoms with van der Waals surface area (Å²) in [4.78, 5) is 18.6. The molecule has 1 aliphatic heterocycles. The van der Waals surface area contributed by atoms with Crippen molar-refractivity contribution in [2.24, 2.45) is 5.92 Å². The summed E-state index contributed by atoms with van der Waals surface area (Å²) in [5.74, 6) is 0.717. The fraction of sp³-hybridized carbons (Fsp3) is 0.750. The van der Waals surface area contributed by atoms with Gasteiger partial charge in [0.1, 0.15) is 5.60 Å². The molecule has 3 unspecified atom stereocenters. The molecule has 116 valence electrons. The molecule has 5 nitrogen and oxygen atoms in total. The van der Waals surface area contributed by atoms with Gasteiger partial charge in [0.2, 0.25) is 0 Å². The summed E-state index contributed by atoms with van der Waals surface area (Å²) in [5, 5.41) is 0. The maximum Gasteiger partial charge on any atom is 0.410 e. The van der Waals surface area contributed by atoms with Gasteiger partial charge < -0.3 is 9.30 Å². The topological polar surface area (TPSA) is 47.4 Å². The van der Waals surface area contributed by atoms with Crippen LogP contribution in [0.2, 0.25) is 0 Å². The van der Waals surface area contributed by atoms with Gasteiger partial charge in [0.05, 0.1) is 24.3 Å². The number of carbonyl (C=O) groups excluding carboxylic acids is 1. The Kier molecular flexibility index (Phi) is 3.46. The maximum atomic E-state index is 12.4. The number of ether oxygens (including phenoxy) is 1. The van der Waals surface area contributed by atoms with Crippen LogP contribution in [0, 0.1) is 5.92 Å². The predicted octanol–water partition coefficient (Wildman–Crippen LogP) is 3.54. The lowest BCUT2D eigenvalue weighted by Crippen LogP contribution is -2.36. The summed E-state index contributed by atoms with van der Waals surface area (Å²) in [6.07, 6.45) is 6.85. The van der Waals surface area contributed by atoms with Crippen molar-refractivity contribution in [2.45, 2.75) is 64.6 Å². The lowest BCUT2D eigenvalue weighted by atomic mass is 10.1. The second kappa shape index (κ2) is 5.04. The highest BCUT2D eigenvalue weighted by atomic mass is 16.6. The van der Waals surface area contributed by atoms with Gasteiger partial charge in [0.25, 0.3) is 0 Å². The van der Waals surface area contributed by atoms with Crippen LogP contribution in [-0.4, -0.2) is 32.7 Å². The molecule has 0 spiro atoms. The summed E-state index contributed by atoms with van der Waals surface area (Å²) in [6.45, 7) is 8.75. The lowest BCUT2D eigenvalue weighted by Gasteiger charge is -2.29. The number of likely N-dealkylation sites (tertiary alicyclic amines) is 1. The van der Waals surface area contributed by atoms with E-state index in [-0.39, 0.29) is 12.1 Å². The third-order valence-corrected chi connectivity index (χ3v) is 4.34. The molecular formula is C16H25N3O2. The molecule has 1 saturated carbocycles. The van der Waals surface area contributed by atoms with E-state index in [0.29, 0.717) is 12.0 Å². The first-order valence-electron chi connectivity index (χ1n) is 7.88. The van der Waals surface area contributed by atoms with Crippen LogP contribution in [-0.2, 0) is 4.74 Å². The number of hydrogen-bond donors (Lipinski definition) is 0. The van der Waals surface area contributed by atoms with Crippen molar-refractivity contribution >= 4 is 6.09 Å². The number of carbonyl (C=O) groups is 1. The molecule has 0 bridgehead atoms. The smallest absolute Gasteiger partial charge is 0.410 e. The largest absolute Gasteiger partial charge is 0.444 e. The lowest BCUT2D eigenvalue weighted by molar-refractivity contribution is 0.0219. The van der Waals surface area contributed by atoms with E-state index in [1.54, 1.807) is 0 Å². The summed E-state index contributed by atoms with van der Waals surface area (Å²) >= 11 is 0. The van der Waals surface area contributed by atoms with Crippen molar-refractivity contribution in [2.75, 3.05) is 6.54 Å². The summed E-state index contributed by atoms with van der Waals surface area (Å²) in [6, 6.07) is 0.665. The highest BCUT2D eigenvalue weighted by molar-refractivity contribution is 5.69. The Labute approximate surface area is 126 Å². The number of amides is 1. The van der Waals surface area contributed by atoms with Crippen LogP contribution in [0.1, 0.15) is 64.7 Å². The van der Waals surface area contributed by atoms with E-state index in [1.165, 1.54) is 6.42 Å². The highest BCUT2D eigenvalue weighted by Crippen LogP contribution is 2.45. The number of hydrogen-bond acceptors (Lipinski definition) is 3. The number of rotatable bonds is 2. The number of aromatic nitrogens is 2. The second-order valence-corrected chi connectivity index (χ2v) is 7.34. The third-order valence-electron chi connectivity index (χ3n) is 4.34. The van der Waals surface area contributed by atoms with Gasteiger partial charge in [-0.15, -0.1) is 0 Å². The van der Waals surface area contributed by atoms with Crippen molar-refractivity contribution < 1.29 is 9.53 Å². The van der Waals surface area contributed by atoms with Gasteiger partial charge in [-0.05, 0) is 46.0 Å². The molecule has 21 heavy (non-hydrogen) atoms. The predicted molar refractivity (Wildman–Crippen MR) is 80.0 cm³/mol. The third kappa shape index (κ3) is 2.92. The Balaban J connectivity index is 1.78. The van der Waals surface area contributed by atoms with Gasteiger partial charge in [0.15, 0.2) is 0 Å². The fourth-order valence-corrected chi connectivity index (χ4v) is 3.15. The van der Waals surface area contributed by atoms with Gasteiger partial charge >= 0.3 is 6.09 Å². The maximum absolute atomic E-state index is 12.4. The molecule has 1 aromatic rings. The minimum Gasteiger partial charge on any atom is -0.444 e. The first-order chi connectivity index (χ1) is 9.87. The fourth-order valence-electron chi connectivity index (χ4n) is 3.15. The van der Waals surface area contributed by atoms with E-state index in [4.69, 9.17) is 4.74 Å². The standard InChI is InChI=1S/C16H25N3O2/c1-11-8-13(11)19-10-17-9-14(19)12-6-5-7-18(12)15(20)21-16(2,3)4/h9-13H,5-8H2,1-4H3. The molecule has 3 atom stereocenters. The van der Waals surface area contributed by atoms with E-state index >= 15 is 0 Å². The first-order valence-corrected chi connectivity index (χ1v) is 7.88. The molecule has 1 saturated heterocycles. The minimum absolute atomic E-state index is 0.107. The molecule has 1 amide bonds. The molecule has 2 aliphatic rings. The van der Waals surface area contributed by atoms with Gasteiger partial charge in [-0.3, -0.25) is 4.90 Å². The van der Waals surface area contributed by atoms with Gasteiger partial charge in [-0.2, -0.15) is 0 Å². The Morgan fingerprint density at radius 2 is 2.14 bits per heavy atom. The van der Waals surface area contributed by atoms with Crippen molar-refractivity contribution in [1.29, 1.82) is 0 Å². The zero-order valence-electron chi connectivity index (χ0n) is 13.4. The molecule has 0 radical (unpaired) electrons. The summed E-state index contributed by atoms with van der Waals surface area (Å²) in [5.41, 5.74) is 0.711. The monoisotopic (exact) mass is 291 g/mol. The van der Waals surface area contributed by atoms with E-state index in [1.807, 2.05) is 38.2 Å². The Morgan fingerprint density at radius 1 is 1.43 bits per heavy atom. The average molecular weight is 291 g/mol. The minimum atomic E-state index is -0.449. The quantitative estimate of drug-likeness (QED) is 0.837. The first kappa shape index (κ1) is 14.4. The Bertz CT molecular complexity index is 532. The SMILES string of the molecule is CC1CC1n1cncc1C1CCCN1C(=O)OC(C)(C)C. The molecule has 2 fully saturated rings. The van der Waals surface area contributed by atoms with Crippen LogP contribution in [0.15, 0.2) is 12.5 Å². The molecule has 0 aromatic carbocycles. The molecular weight excluding hydrogens is 266 g/mol. The molecule has 2 heterocycles. The van der Waals surface area contributed by atoms with Crippen LogP contribution in [0.3, 0.4) is 0 Å². The zero-order chi connectivity index (χ0) is 15.2. The van der Waals surface area contributed by atoms with E-state index in [2.05, 4.69) is 16.5 Å². The molecule has 0 N–H and O–H groups in total. The van der Waals surface area contributed by atoms with E-state index in [9.17, 15) is 4.79 Å². The summed E-state index contributed by atoms with van der Waals surface area (Å²) in [7, 11) is 0. The van der Waals surface area contributed by atoms with Crippen molar-refractivity contribution in [3.05, 3.63) is 18.2 Å². The number of imidazole rings is 1. The van der Waals surface area contributed by atoms with Crippen molar-refractivity contribution in [1.82, 2.24) is 14.5 Å². The van der Waals surface area contributed by atoms with Crippen LogP contribution in [0.25, 0.3) is 0 Å². The number of nitrogens with zero attached hydrogens (tertiary/aromatic N) is 3. The molecule has 1 aromatic heterocycles. The Morgan fingerprint density at radius 3 is 2.76 bits per heavy atom.